The molecule has 2 heteroatoms. The van der Waals surface area contributed by atoms with E-state index in [-0.39, 0.29) is 0 Å². The van der Waals surface area contributed by atoms with Crippen LogP contribution in [-0.4, -0.2) is 6.54 Å². The lowest BCUT2D eigenvalue weighted by atomic mass is 9.83. The van der Waals surface area contributed by atoms with Crippen LogP contribution in [0.4, 0.5) is 0 Å². The van der Waals surface area contributed by atoms with E-state index < -0.39 is 0 Å². The SMILES string of the molecule is CC1CCC(CNC(C)c2cc3ccccc3s2)CC1. The summed E-state index contributed by atoms with van der Waals surface area (Å²) in [6.07, 6.45) is 5.66. The summed E-state index contributed by atoms with van der Waals surface area (Å²) < 4.78 is 1.41. The fraction of sp³-hybridized carbons (Fsp3) is 0.556. The van der Waals surface area contributed by atoms with Gasteiger partial charge in [0.05, 0.1) is 0 Å². The Hall–Kier alpha value is -0.860. The largest absolute Gasteiger partial charge is 0.309 e. The molecule has 1 N–H and O–H groups in total. The van der Waals surface area contributed by atoms with E-state index in [4.69, 9.17) is 0 Å². The molecule has 1 aromatic heterocycles. The summed E-state index contributed by atoms with van der Waals surface area (Å²) in [6, 6.07) is 11.5. The molecule has 0 aliphatic heterocycles. The van der Waals surface area contributed by atoms with Gasteiger partial charge in [-0.2, -0.15) is 0 Å². The molecule has 2 aromatic rings. The molecular formula is C18H25NS. The van der Waals surface area contributed by atoms with E-state index >= 15 is 0 Å². The Kier molecular flexibility index (Phi) is 4.42. The first-order valence-electron chi connectivity index (χ1n) is 7.94. The third-order valence-corrected chi connectivity index (χ3v) is 6.02. The van der Waals surface area contributed by atoms with Gasteiger partial charge in [-0.15, -0.1) is 11.3 Å². The summed E-state index contributed by atoms with van der Waals surface area (Å²) >= 11 is 1.93. The molecular weight excluding hydrogens is 262 g/mol. The lowest BCUT2D eigenvalue weighted by Gasteiger charge is -2.27. The van der Waals surface area contributed by atoms with Crippen LogP contribution in [0.25, 0.3) is 10.1 Å². The Balaban J connectivity index is 1.57. The van der Waals surface area contributed by atoms with Crippen LogP contribution in [0.2, 0.25) is 0 Å². The van der Waals surface area contributed by atoms with E-state index in [2.05, 4.69) is 49.5 Å². The molecule has 3 rings (SSSR count). The van der Waals surface area contributed by atoms with Crippen molar-refractivity contribution in [2.45, 2.75) is 45.6 Å². The van der Waals surface area contributed by atoms with E-state index in [1.165, 1.54) is 47.2 Å². The van der Waals surface area contributed by atoms with E-state index in [0.717, 1.165) is 11.8 Å². The Morgan fingerprint density at radius 1 is 1.20 bits per heavy atom. The zero-order chi connectivity index (χ0) is 13.9. The van der Waals surface area contributed by atoms with Crippen LogP contribution in [0.1, 0.15) is 50.4 Å². The molecule has 1 fully saturated rings. The molecule has 1 atom stereocenters. The second kappa shape index (κ2) is 6.28. The van der Waals surface area contributed by atoms with Crippen molar-refractivity contribution in [3.8, 4) is 0 Å². The smallest absolute Gasteiger partial charge is 0.0386 e. The summed E-state index contributed by atoms with van der Waals surface area (Å²) in [5.41, 5.74) is 0. The first-order valence-corrected chi connectivity index (χ1v) is 8.76. The van der Waals surface area contributed by atoms with Gasteiger partial charge in [0.15, 0.2) is 0 Å². The van der Waals surface area contributed by atoms with Crippen LogP contribution >= 0.6 is 11.3 Å². The number of rotatable bonds is 4. The minimum Gasteiger partial charge on any atom is -0.309 e. The van der Waals surface area contributed by atoms with Crippen LogP contribution in [0.5, 0.6) is 0 Å². The van der Waals surface area contributed by atoms with Gasteiger partial charge in [-0.25, -0.2) is 0 Å². The van der Waals surface area contributed by atoms with Crippen molar-refractivity contribution in [3.63, 3.8) is 0 Å². The van der Waals surface area contributed by atoms with Crippen molar-refractivity contribution in [1.82, 2.24) is 5.32 Å². The maximum absolute atomic E-state index is 3.75. The number of fused-ring (bicyclic) bond motifs is 1. The molecule has 1 saturated carbocycles. The molecule has 20 heavy (non-hydrogen) atoms. The van der Waals surface area contributed by atoms with Gasteiger partial charge >= 0.3 is 0 Å². The highest BCUT2D eigenvalue weighted by molar-refractivity contribution is 7.19. The summed E-state index contributed by atoms with van der Waals surface area (Å²) in [5, 5.41) is 5.14. The second-order valence-electron chi connectivity index (χ2n) is 6.44. The number of benzene rings is 1. The monoisotopic (exact) mass is 287 g/mol. The van der Waals surface area contributed by atoms with Gasteiger partial charge in [-0.1, -0.05) is 38.0 Å². The highest BCUT2D eigenvalue weighted by Gasteiger charge is 2.19. The minimum atomic E-state index is 0.478. The molecule has 1 aromatic carbocycles. The molecule has 1 aliphatic rings. The normalized spacial score (nSPS) is 24.9. The van der Waals surface area contributed by atoms with Crippen LogP contribution in [-0.2, 0) is 0 Å². The zero-order valence-electron chi connectivity index (χ0n) is 12.6. The molecule has 1 aliphatic carbocycles. The Morgan fingerprint density at radius 3 is 2.70 bits per heavy atom. The molecule has 0 radical (unpaired) electrons. The van der Waals surface area contributed by atoms with E-state index in [9.17, 15) is 0 Å². The molecule has 0 bridgehead atoms. The van der Waals surface area contributed by atoms with Gasteiger partial charge < -0.3 is 5.32 Å². The molecule has 0 amide bonds. The van der Waals surface area contributed by atoms with Gasteiger partial charge in [0.1, 0.15) is 0 Å². The second-order valence-corrected chi connectivity index (χ2v) is 7.56. The number of nitrogens with one attached hydrogen (secondary N) is 1. The van der Waals surface area contributed by atoms with Gasteiger partial charge in [-0.05, 0) is 55.7 Å². The van der Waals surface area contributed by atoms with E-state index in [0.29, 0.717) is 6.04 Å². The Bertz CT molecular complexity index is 518. The van der Waals surface area contributed by atoms with Crippen LogP contribution in [0.3, 0.4) is 0 Å². The maximum Gasteiger partial charge on any atom is 0.0386 e. The zero-order valence-corrected chi connectivity index (χ0v) is 13.4. The number of hydrogen-bond donors (Lipinski definition) is 1. The molecule has 1 unspecified atom stereocenters. The lowest BCUT2D eigenvalue weighted by Crippen LogP contribution is -2.27. The Labute approximate surface area is 126 Å². The first kappa shape index (κ1) is 14.1. The average molecular weight is 287 g/mol. The third kappa shape index (κ3) is 3.24. The molecule has 1 nitrogen and oxygen atoms in total. The van der Waals surface area contributed by atoms with Gasteiger partial charge in [0, 0.05) is 15.6 Å². The van der Waals surface area contributed by atoms with Gasteiger partial charge in [0.25, 0.3) is 0 Å². The minimum absolute atomic E-state index is 0.478. The Morgan fingerprint density at radius 2 is 1.95 bits per heavy atom. The lowest BCUT2D eigenvalue weighted by molar-refractivity contribution is 0.276. The first-order chi connectivity index (χ1) is 9.72. The van der Waals surface area contributed by atoms with Crippen molar-refractivity contribution >= 4 is 21.4 Å². The van der Waals surface area contributed by atoms with Gasteiger partial charge in [-0.3, -0.25) is 0 Å². The van der Waals surface area contributed by atoms with Crippen molar-refractivity contribution in [3.05, 3.63) is 35.2 Å². The fourth-order valence-electron chi connectivity index (χ4n) is 3.19. The summed E-state index contributed by atoms with van der Waals surface area (Å²) in [6.45, 7) is 5.88. The quantitative estimate of drug-likeness (QED) is 0.796. The summed E-state index contributed by atoms with van der Waals surface area (Å²) in [4.78, 5) is 1.47. The molecule has 108 valence electrons. The molecule has 0 saturated heterocycles. The van der Waals surface area contributed by atoms with Crippen molar-refractivity contribution in [2.24, 2.45) is 11.8 Å². The van der Waals surface area contributed by atoms with Crippen molar-refractivity contribution in [2.75, 3.05) is 6.54 Å². The highest BCUT2D eigenvalue weighted by Crippen LogP contribution is 2.31. The van der Waals surface area contributed by atoms with E-state index in [1.807, 2.05) is 11.3 Å². The molecule has 0 spiro atoms. The van der Waals surface area contributed by atoms with Crippen LogP contribution in [0, 0.1) is 11.8 Å². The van der Waals surface area contributed by atoms with Gasteiger partial charge in [0.2, 0.25) is 0 Å². The predicted octanol–water partition coefficient (Wildman–Crippen LogP) is 5.38. The third-order valence-electron chi connectivity index (χ3n) is 4.72. The number of thiophene rings is 1. The van der Waals surface area contributed by atoms with Crippen LogP contribution < -0.4 is 5.32 Å². The molecule has 1 heterocycles. The summed E-state index contributed by atoms with van der Waals surface area (Å²) in [7, 11) is 0. The van der Waals surface area contributed by atoms with Crippen molar-refractivity contribution < 1.29 is 0 Å². The average Bonchev–Trinajstić information content (AvgIpc) is 2.90. The van der Waals surface area contributed by atoms with E-state index in [1.54, 1.807) is 0 Å². The number of hydrogen-bond acceptors (Lipinski definition) is 2. The fourth-order valence-corrected chi connectivity index (χ4v) is 4.28. The highest BCUT2D eigenvalue weighted by atomic mass is 32.1. The van der Waals surface area contributed by atoms with Crippen molar-refractivity contribution in [1.29, 1.82) is 0 Å². The van der Waals surface area contributed by atoms with Crippen LogP contribution in [0.15, 0.2) is 30.3 Å². The standard InChI is InChI=1S/C18H25NS/c1-13-7-9-15(10-8-13)12-19-14(2)18-11-16-5-3-4-6-17(16)20-18/h3-6,11,13-15,19H,7-10,12H2,1-2H3. The predicted molar refractivity (Wildman–Crippen MR) is 89.4 cm³/mol. The topological polar surface area (TPSA) is 12.0 Å². The summed E-state index contributed by atoms with van der Waals surface area (Å²) in [5.74, 6) is 1.84. The maximum atomic E-state index is 3.75.